The molecular weight excluding hydrogens is 244 g/mol. The van der Waals surface area contributed by atoms with Crippen molar-refractivity contribution < 1.29 is 24.5 Å². The maximum atomic E-state index is 10.6. The third kappa shape index (κ3) is 3.67. The quantitative estimate of drug-likeness (QED) is 0.346. The highest BCUT2D eigenvalue weighted by atomic mass is 16.6. The van der Waals surface area contributed by atoms with E-state index in [2.05, 4.69) is 9.99 Å². The van der Waals surface area contributed by atoms with Crippen molar-refractivity contribution in [1.29, 1.82) is 0 Å². The van der Waals surface area contributed by atoms with Gasteiger partial charge in [-0.1, -0.05) is 5.16 Å². The summed E-state index contributed by atoms with van der Waals surface area (Å²) < 4.78 is 0. The number of aldehydes is 1. The Morgan fingerprint density at radius 2 is 2.28 bits per heavy atom. The molecule has 18 heavy (non-hydrogen) atoms. The molecule has 1 aromatic rings. The molecule has 1 N–H and O–H groups in total. The van der Waals surface area contributed by atoms with Gasteiger partial charge in [0, 0.05) is 6.07 Å². The Morgan fingerprint density at radius 3 is 2.83 bits per heavy atom. The van der Waals surface area contributed by atoms with E-state index in [1.54, 1.807) is 0 Å². The molecule has 0 aromatic heterocycles. The molecule has 1 aromatic carbocycles. The van der Waals surface area contributed by atoms with E-state index >= 15 is 0 Å². The van der Waals surface area contributed by atoms with Gasteiger partial charge < -0.3 is 9.94 Å². The van der Waals surface area contributed by atoms with Gasteiger partial charge in [-0.3, -0.25) is 14.9 Å². The second kappa shape index (κ2) is 6.09. The van der Waals surface area contributed by atoms with Crippen molar-refractivity contribution in [2.75, 3.05) is 6.61 Å². The third-order valence-corrected chi connectivity index (χ3v) is 1.84. The number of rotatable bonds is 6. The summed E-state index contributed by atoms with van der Waals surface area (Å²) in [7, 11) is 0. The zero-order valence-corrected chi connectivity index (χ0v) is 8.98. The van der Waals surface area contributed by atoms with Crippen LogP contribution in [0.1, 0.15) is 15.9 Å². The summed E-state index contributed by atoms with van der Waals surface area (Å²) in [4.78, 5) is 35.0. The summed E-state index contributed by atoms with van der Waals surface area (Å²) in [6.07, 6.45) is 1.51. The summed E-state index contributed by atoms with van der Waals surface area (Å²) in [5.41, 5.74) is -0.0242. The van der Waals surface area contributed by atoms with Crippen molar-refractivity contribution in [3.63, 3.8) is 0 Å². The maximum absolute atomic E-state index is 10.6. The van der Waals surface area contributed by atoms with Crippen LogP contribution < -0.4 is 0 Å². The van der Waals surface area contributed by atoms with Gasteiger partial charge in [-0.2, -0.15) is 0 Å². The number of nitro benzene ring substituents is 1. The number of nitro groups is 1. The fourth-order valence-electron chi connectivity index (χ4n) is 1.10. The Kier molecular flexibility index (Phi) is 4.50. The van der Waals surface area contributed by atoms with E-state index in [0.29, 0.717) is 11.8 Å². The molecule has 0 aliphatic heterocycles. The normalized spacial score (nSPS) is 10.2. The Morgan fingerprint density at radius 1 is 1.56 bits per heavy atom. The Balaban J connectivity index is 2.82. The third-order valence-electron chi connectivity index (χ3n) is 1.84. The molecule has 0 saturated carbocycles. The van der Waals surface area contributed by atoms with Crippen LogP contribution in [0.4, 0.5) is 5.69 Å². The van der Waals surface area contributed by atoms with Crippen molar-refractivity contribution in [1.82, 2.24) is 0 Å². The van der Waals surface area contributed by atoms with E-state index in [4.69, 9.17) is 5.11 Å². The minimum Gasteiger partial charge on any atom is -0.479 e. The second-order valence-corrected chi connectivity index (χ2v) is 3.09. The largest absolute Gasteiger partial charge is 0.479 e. The van der Waals surface area contributed by atoms with Crippen LogP contribution in [0.25, 0.3) is 0 Å². The van der Waals surface area contributed by atoms with E-state index in [9.17, 15) is 19.7 Å². The highest BCUT2D eigenvalue weighted by Gasteiger charge is 2.12. The van der Waals surface area contributed by atoms with Crippen molar-refractivity contribution in [2.45, 2.75) is 0 Å². The van der Waals surface area contributed by atoms with Gasteiger partial charge in [0.2, 0.25) is 6.61 Å². The van der Waals surface area contributed by atoms with Crippen LogP contribution in [0.5, 0.6) is 0 Å². The number of oxime groups is 1. The number of hydrogen-bond acceptors (Lipinski definition) is 6. The number of nitrogens with zero attached hydrogens (tertiary/aromatic N) is 2. The van der Waals surface area contributed by atoms with Crippen LogP contribution in [0.2, 0.25) is 0 Å². The minimum atomic E-state index is -1.18. The maximum Gasteiger partial charge on any atom is 0.344 e. The predicted molar refractivity (Wildman–Crippen MR) is 59.7 cm³/mol. The van der Waals surface area contributed by atoms with Crippen LogP contribution in [0, 0.1) is 10.1 Å². The van der Waals surface area contributed by atoms with Crippen molar-refractivity contribution in [3.8, 4) is 0 Å². The summed E-state index contributed by atoms with van der Waals surface area (Å²) in [6.45, 7) is -0.593. The molecule has 0 atom stereocenters. The van der Waals surface area contributed by atoms with Gasteiger partial charge in [-0.05, 0) is 17.7 Å². The van der Waals surface area contributed by atoms with Crippen LogP contribution in [0.15, 0.2) is 23.4 Å². The Hall–Kier alpha value is -2.77. The zero-order valence-electron chi connectivity index (χ0n) is 8.98. The zero-order chi connectivity index (χ0) is 13.5. The minimum absolute atomic E-state index is 0.0952. The molecule has 8 nitrogen and oxygen atoms in total. The number of carboxylic acids is 1. The molecule has 0 bridgehead atoms. The standard InChI is InChI=1S/C10H8N2O6/c13-5-8-3-7(1-2-9(8)12(16)17)4-11-18-6-10(14)15/h1-5H,6H2,(H,14,15). The highest BCUT2D eigenvalue weighted by Crippen LogP contribution is 2.17. The van der Waals surface area contributed by atoms with Crippen LogP contribution in [0.3, 0.4) is 0 Å². The van der Waals surface area contributed by atoms with Gasteiger partial charge in [0.1, 0.15) is 0 Å². The number of carboxylic acid groups (broad SMARTS) is 1. The first-order chi connectivity index (χ1) is 8.54. The summed E-state index contributed by atoms with van der Waals surface area (Å²) in [5.74, 6) is -1.18. The number of carbonyl (C=O) groups is 2. The molecular formula is C10H8N2O6. The first kappa shape index (κ1) is 13.3. The number of hydrogen-bond donors (Lipinski definition) is 1. The van der Waals surface area contributed by atoms with Gasteiger partial charge in [0.25, 0.3) is 5.69 Å². The average molecular weight is 252 g/mol. The first-order valence-corrected chi connectivity index (χ1v) is 4.65. The number of carbonyl (C=O) groups excluding carboxylic acids is 1. The number of aliphatic carboxylic acids is 1. The lowest BCUT2D eigenvalue weighted by Gasteiger charge is -1.97. The highest BCUT2D eigenvalue weighted by molar-refractivity contribution is 5.87. The molecule has 8 heteroatoms. The molecule has 0 radical (unpaired) electrons. The van der Waals surface area contributed by atoms with E-state index < -0.39 is 17.5 Å². The summed E-state index contributed by atoms with van der Waals surface area (Å²) in [6, 6.07) is 3.76. The van der Waals surface area contributed by atoms with Crippen LogP contribution in [-0.2, 0) is 9.63 Å². The average Bonchev–Trinajstić information content (AvgIpc) is 2.33. The van der Waals surface area contributed by atoms with E-state index in [1.165, 1.54) is 12.1 Å². The molecule has 0 fully saturated rings. The van der Waals surface area contributed by atoms with Gasteiger partial charge in [-0.15, -0.1) is 0 Å². The van der Waals surface area contributed by atoms with Crippen molar-refractivity contribution in [3.05, 3.63) is 39.4 Å². The topological polar surface area (TPSA) is 119 Å². The molecule has 0 aliphatic carbocycles. The molecule has 0 spiro atoms. The van der Waals surface area contributed by atoms with Crippen LogP contribution >= 0.6 is 0 Å². The van der Waals surface area contributed by atoms with Crippen LogP contribution in [-0.4, -0.2) is 35.1 Å². The van der Waals surface area contributed by atoms with Gasteiger partial charge >= 0.3 is 5.97 Å². The lowest BCUT2D eigenvalue weighted by Crippen LogP contribution is -2.03. The summed E-state index contributed by atoms with van der Waals surface area (Å²) in [5, 5.41) is 22.2. The first-order valence-electron chi connectivity index (χ1n) is 4.65. The van der Waals surface area contributed by atoms with Crippen molar-refractivity contribution in [2.24, 2.45) is 5.16 Å². The van der Waals surface area contributed by atoms with Gasteiger partial charge in [0.15, 0.2) is 6.29 Å². The Bertz CT molecular complexity index is 511. The molecule has 1 rings (SSSR count). The molecule has 94 valence electrons. The van der Waals surface area contributed by atoms with E-state index in [-0.39, 0.29) is 11.3 Å². The molecule has 0 saturated heterocycles. The smallest absolute Gasteiger partial charge is 0.344 e. The molecule has 0 aliphatic rings. The van der Waals surface area contributed by atoms with E-state index in [0.717, 1.165) is 12.3 Å². The SMILES string of the molecule is O=Cc1cc(C=NOCC(=O)O)ccc1[N+](=O)[O-]. The second-order valence-electron chi connectivity index (χ2n) is 3.09. The monoisotopic (exact) mass is 252 g/mol. The molecule has 0 unspecified atom stereocenters. The van der Waals surface area contributed by atoms with E-state index in [1.807, 2.05) is 0 Å². The number of benzene rings is 1. The lowest BCUT2D eigenvalue weighted by molar-refractivity contribution is -0.385. The summed E-state index contributed by atoms with van der Waals surface area (Å²) >= 11 is 0. The van der Waals surface area contributed by atoms with Gasteiger partial charge in [-0.25, -0.2) is 4.79 Å². The fourth-order valence-corrected chi connectivity index (χ4v) is 1.10. The Labute approximate surface area is 101 Å². The van der Waals surface area contributed by atoms with Crippen molar-refractivity contribution >= 4 is 24.2 Å². The lowest BCUT2D eigenvalue weighted by atomic mass is 10.1. The molecule has 0 amide bonds. The predicted octanol–water partition coefficient (Wildman–Crippen LogP) is 0.842. The van der Waals surface area contributed by atoms with Gasteiger partial charge in [0.05, 0.1) is 16.7 Å². The fraction of sp³-hybridized carbons (Fsp3) is 0.100. The molecule has 0 heterocycles.